The van der Waals surface area contributed by atoms with E-state index >= 15 is 0 Å². The number of fused-ring (bicyclic) bond motifs is 1. The molecule has 0 atom stereocenters. The lowest BCUT2D eigenvalue weighted by atomic mass is 9.67. The Morgan fingerprint density at radius 1 is 1.09 bits per heavy atom. The molecule has 0 bridgehead atoms. The number of rotatable bonds is 4. The van der Waals surface area contributed by atoms with E-state index in [1.54, 1.807) is 18.5 Å². The Kier molecular flexibility index (Phi) is 5.62. The molecule has 1 aliphatic carbocycles. The summed E-state index contributed by atoms with van der Waals surface area (Å²) in [4.78, 5) is 44.0. The molecule has 8 nitrogen and oxygen atoms in total. The largest absolute Gasteiger partial charge is 0.325 e. The molecular weight excluding hydrogens is 442 g/mol. The maximum Gasteiger partial charge on any atom is 0.325 e. The summed E-state index contributed by atoms with van der Waals surface area (Å²) in [6.45, 7) is 6.34. The van der Waals surface area contributed by atoms with Gasteiger partial charge in [0.25, 0.3) is 5.91 Å². The maximum absolute atomic E-state index is 13.2. The van der Waals surface area contributed by atoms with Crippen molar-refractivity contribution >= 4 is 34.6 Å². The van der Waals surface area contributed by atoms with Gasteiger partial charge in [0.05, 0.1) is 11.0 Å². The number of benzene rings is 2. The summed E-state index contributed by atoms with van der Waals surface area (Å²) >= 11 is 0. The maximum atomic E-state index is 13.2. The Hall–Kier alpha value is -3.68. The molecule has 35 heavy (non-hydrogen) atoms. The lowest BCUT2D eigenvalue weighted by Crippen LogP contribution is -2.50. The van der Waals surface area contributed by atoms with E-state index < -0.39 is 17.5 Å². The number of amides is 4. The van der Waals surface area contributed by atoms with Crippen molar-refractivity contribution in [2.24, 2.45) is 11.3 Å². The van der Waals surface area contributed by atoms with E-state index in [-0.39, 0.29) is 17.9 Å². The predicted molar refractivity (Wildman–Crippen MR) is 134 cm³/mol. The van der Waals surface area contributed by atoms with Crippen LogP contribution in [0.4, 0.5) is 10.5 Å². The second-order valence-corrected chi connectivity index (χ2v) is 10.7. The van der Waals surface area contributed by atoms with Crippen molar-refractivity contribution in [1.29, 1.82) is 0 Å². The average molecular weight is 474 g/mol. The van der Waals surface area contributed by atoms with Crippen LogP contribution in [-0.2, 0) is 9.59 Å². The number of carbonyl (C=O) groups is 3. The number of aromatic nitrogens is 2. The number of hydrogen-bond acceptors (Lipinski definition) is 4. The zero-order valence-electron chi connectivity index (χ0n) is 20.4. The second-order valence-electron chi connectivity index (χ2n) is 10.7. The molecule has 1 saturated carbocycles. The van der Waals surface area contributed by atoms with Crippen LogP contribution in [0.15, 0.2) is 54.9 Å². The molecule has 4 amide bonds. The summed E-state index contributed by atoms with van der Waals surface area (Å²) in [5.74, 6) is -0.180. The predicted octanol–water partition coefficient (Wildman–Crippen LogP) is 4.49. The minimum absolute atomic E-state index is 0.174. The van der Waals surface area contributed by atoms with Gasteiger partial charge in [-0.15, -0.1) is 0 Å². The van der Waals surface area contributed by atoms with Crippen LogP contribution in [-0.4, -0.2) is 44.4 Å². The third kappa shape index (κ3) is 4.29. The van der Waals surface area contributed by atoms with E-state index in [0.29, 0.717) is 24.4 Å². The summed E-state index contributed by atoms with van der Waals surface area (Å²) < 4.78 is 1.97. The number of hydrogen-bond donors (Lipinski definition) is 2. The number of anilines is 1. The topological polar surface area (TPSA) is 96.3 Å². The second kappa shape index (κ2) is 8.52. The highest BCUT2D eigenvalue weighted by Gasteiger charge is 2.53. The van der Waals surface area contributed by atoms with Gasteiger partial charge in [-0.25, -0.2) is 9.78 Å². The third-order valence-electron chi connectivity index (χ3n) is 7.49. The average Bonchev–Trinajstić information content (AvgIpc) is 3.35. The molecular formula is C27H31N5O3. The van der Waals surface area contributed by atoms with E-state index in [9.17, 15) is 14.4 Å². The summed E-state index contributed by atoms with van der Waals surface area (Å²) in [6, 6.07) is 14.7. The van der Waals surface area contributed by atoms with Gasteiger partial charge in [0.2, 0.25) is 5.91 Å². The zero-order valence-corrected chi connectivity index (χ0v) is 20.4. The fourth-order valence-electron chi connectivity index (χ4n) is 5.35. The van der Waals surface area contributed by atoms with Crippen LogP contribution in [0.1, 0.15) is 46.5 Å². The quantitative estimate of drug-likeness (QED) is 0.546. The lowest BCUT2D eigenvalue weighted by Gasteiger charge is -2.40. The van der Waals surface area contributed by atoms with Gasteiger partial charge in [0, 0.05) is 11.4 Å². The van der Waals surface area contributed by atoms with E-state index in [4.69, 9.17) is 0 Å². The van der Waals surface area contributed by atoms with Crippen molar-refractivity contribution in [2.75, 3.05) is 11.9 Å². The van der Waals surface area contributed by atoms with Gasteiger partial charge in [0.1, 0.15) is 18.4 Å². The van der Waals surface area contributed by atoms with Gasteiger partial charge in [0.15, 0.2) is 0 Å². The van der Waals surface area contributed by atoms with Crippen LogP contribution in [0.3, 0.4) is 0 Å². The first kappa shape index (κ1) is 23.1. The smallest absolute Gasteiger partial charge is 0.325 e. The molecule has 2 N–H and O–H groups in total. The Labute approximate surface area is 204 Å². The first-order valence-corrected chi connectivity index (χ1v) is 12.1. The fraction of sp³-hybridized carbons (Fsp3) is 0.407. The third-order valence-corrected chi connectivity index (χ3v) is 7.49. The van der Waals surface area contributed by atoms with Gasteiger partial charge >= 0.3 is 6.03 Å². The Morgan fingerprint density at radius 2 is 1.77 bits per heavy atom. The zero-order chi connectivity index (χ0) is 24.8. The van der Waals surface area contributed by atoms with Crippen LogP contribution in [0, 0.1) is 11.3 Å². The van der Waals surface area contributed by atoms with Crippen LogP contribution in [0.25, 0.3) is 16.7 Å². The van der Waals surface area contributed by atoms with Crippen molar-refractivity contribution in [2.45, 2.75) is 52.0 Å². The Balaban J connectivity index is 1.22. The Bertz CT molecular complexity index is 1280. The van der Waals surface area contributed by atoms with Crippen LogP contribution in [0.5, 0.6) is 0 Å². The Morgan fingerprint density at radius 3 is 2.46 bits per heavy atom. The molecule has 1 aromatic heterocycles. The highest BCUT2D eigenvalue weighted by molar-refractivity contribution is 6.10. The minimum Gasteiger partial charge on any atom is -0.325 e. The summed E-state index contributed by atoms with van der Waals surface area (Å²) in [6.07, 6.45) is 4.76. The lowest BCUT2D eigenvalue weighted by molar-refractivity contribution is -0.135. The van der Waals surface area contributed by atoms with E-state index in [2.05, 4.69) is 36.4 Å². The van der Waals surface area contributed by atoms with Crippen molar-refractivity contribution in [3.8, 4) is 5.69 Å². The minimum atomic E-state index is -0.867. The molecule has 2 fully saturated rings. The molecule has 3 aromatic rings. The molecule has 1 aliphatic heterocycles. The number of para-hydroxylation sites is 2. The number of carbonyl (C=O) groups excluding carboxylic acids is 3. The first-order chi connectivity index (χ1) is 16.7. The number of imide groups is 1. The summed E-state index contributed by atoms with van der Waals surface area (Å²) in [5, 5.41) is 5.70. The van der Waals surface area contributed by atoms with Gasteiger partial charge in [-0.1, -0.05) is 32.9 Å². The molecule has 2 heterocycles. The first-order valence-electron chi connectivity index (χ1n) is 12.1. The van der Waals surface area contributed by atoms with Gasteiger partial charge in [-0.05, 0) is 73.4 Å². The summed E-state index contributed by atoms with van der Waals surface area (Å²) in [5.41, 5.74) is 2.72. The molecule has 5 rings (SSSR count). The van der Waals surface area contributed by atoms with Crippen LogP contribution < -0.4 is 10.6 Å². The molecule has 182 valence electrons. The highest BCUT2D eigenvalue weighted by atomic mass is 16.2. The van der Waals surface area contributed by atoms with E-state index in [1.807, 2.05) is 41.0 Å². The summed E-state index contributed by atoms with van der Waals surface area (Å²) in [7, 11) is 0. The van der Waals surface area contributed by atoms with Crippen molar-refractivity contribution in [3.05, 3.63) is 54.9 Å². The monoisotopic (exact) mass is 473 g/mol. The molecule has 1 spiro atoms. The molecule has 8 heteroatoms. The van der Waals surface area contributed by atoms with Crippen molar-refractivity contribution in [1.82, 2.24) is 19.8 Å². The standard InChI is InChI=1S/C27H31N5O3/c1-26(2,3)18-12-14-27(15-13-18)24(34)31(25(35)30-27)16-23(33)29-19-8-10-20(11-9-19)32-17-28-21-6-4-5-7-22(21)32/h4-11,17-18H,12-16H2,1-3H3,(H,29,33)(H,30,35). The highest BCUT2D eigenvalue weighted by Crippen LogP contribution is 2.43. The van der Waals surface area contributed by atoms with Gasteiger partial charge in [-0.2, -0.15) is 0 Å². The number of imidazole rings is 1. The number of nitrogens with zero attached hydrogens (tertiary/aromatic N) is 3. The number of nitrogens with one attached hydrogen (secondary N) is 2. The number of urea groups is 1. The van der Waals surface area contributed by atoms with E-state index in [1.165, 1.54) is 0 Å². The van der Waals surface area contributed by atoms with E-state index in [0.717, 1.165) is 34.5 Å². The molecule has 2 aromatic carbocycles. The van der Waals surface area contributed by atoms with Gasteiger partial charge in [-0.3, -0.25) is 19.1 Å². The van der Waals surface area contributed by atoms with Crippen LogP contribution in [0.2, 0.25) is 0 Å². The van der Waals surface area contributed by atoms with Crippen molar-refractivity contribution < 1.29 is 14.4 Å². The SMILES string of the molecule is CC(C)(C)C1CCC2(CC1)NC(=O)N(CC(=O)Nc1ccc(-n3cnc4ccccc43)cc1)C2=O. The molecule has 1 saturated heterocycles. The van der Waals surface area contributed by atoms with Crippen LogP contribution >= 0.6 is 0 Å². The molecule has 2 aliphatic rings. The molecule has 0 unspecified atom stereocenters. The molecule has 0 radical (unpaired) electrons. The fourth-order valence-corrected chi connectivity index (χ4v) is 5.35. The normalized spacial score (nSPS) is 22.6. The van der Waals surface area contributed by atoms with Gasteiger partial charge < -0.3 is 10.6 Å². The van der Waals surface area contributed by atoms with Crippen molar-refractivity contribution in [3.63, 3.8) is 0 Å².